The molecule has 0 aliphatic carbocycles. The van der Waals surface area contributed by atoms with Crippen molar-refractivity contribution < 1.29 is 24.2 Å². The first kappa shape index (κ1) is 17.0. The topological polar surface area (TPSA) is 77.8 Å². The minimum atomic E-state index is -0.954. The van der Waals surface area contributed by atoms with E-state index in [1.807, 2.05) is 0 Å². The van der Waals surface area contributed by atoms with Crippen LogP contribution in [0.1, 0.15) is 24.9 Å². The smallest absolute Gasteiger partial charge is 0.303 e. The highest BCUT2D eigenvalue weighted by atomic mass is 19.1. The molecule has 1 fully saturated rings. The molecule has 2 aromatic rings. The number of aliphatic carboxylic acids is 1. The molecular weight excluding hydrogens is 325 g/mol. The Morgan fingerprint density at radius 1 is 1.16 bits per heavy atom. The van der Waals surface area contributed by atoms with Gasteiger partial charge in [0, 0.05) is 12.1 Å². The summed E-state index contributed by atoms with van der Waals surface area (Å²) in [6.07, 6.45) is -0.109. The normalized spacial score (nSPS) is 20.9. The molecule has 3 unspecified atom stereocenters. The number of carboxylic acid groups (broad SMARTS) is 1. The van der Waals surface area contributed by atoms with Crippen LogP contribution in [-0.4, -0.2) is 22.1 Å². The second kappa shape index (κ2) is 6.55. The van der Waals surface area contributed by atoms with E-state index < -0.39 is 17.7 Å². The zero-order valence-corrected chi connectivity index (χ0v) is 13.6. The van der Waals surface area contributed by atoms with Gasteiger partial charge in [0.05, 0.1) is 12.0 Å². The molecule has 3 atom stereocenters. The molecule has 3 rings (SSSR count). The number of rotatable bonds is 5. The third kappa shape index (κ3) is 3.20. The minimum absolute atomic E-state index is 0.109. The van der Waals surface area contributed by atoms with Gasteiger partial charge in [-0.05, 0) is 47.9 Å². The second-order valence-corrected chi connectivity index (χ2v) is 6.32. The fourth-order valence-electron chi connectivity index (χ4n) is 3.39. The molecule has 130 valence electrons. The fourth-order valence-corrected chi connectivity index (χ4v) is 3.39. The van der Waals surface area contributed by atoms with E-state index in [9.17, 15) is 19.1 Å². The number of benzene rings is 2. The molecule has 0 spiro atoms. The summed E-state index contributed by atoms with van der Waals surface area (Å²) in [5, 5.41) is 18.5. The number of β-lactam (4-membered cyclic amide) rings is 1. The Labute approximate surface area is 144 Å². The Hall–Kier alpha value is -2.89. The Bertz CT molecular complexity index is 788. The van der Waals surface area contributed by atoms with Gasteiger partial charge in [0.1, 0.15) is 11.6 Å². The first-order chi connectivity index (χ1) is 11.9. The quantitative estimate of drug-likeness (QED) is 0.816. The van der Waals surface area contributed by atoms with Crippen LogP contribution < -0.4 is 4.90 Å². The third-order valence-electron chi connectivity index (χ3n) is 4.59. The highest BCUT2D eigenvalue weighted by Gasteiger charge is 2.51. The predicted octanol–water partition coefficient (Wildman–Crippen LogP) is 3.35. The van der Waals surface area contributed by atoms with E-state index >= 15 is 0 Å². The van der Waals surface area contributed by atoms with Crippen LogP contribution in [0, 0.1) is 17.7 Å². The molecule has 0 bridgehead atoms. The number of carbonyl (C=O) groups is 2. The highest BCUT2D eigenvalue weighted by molar-refractivity contribution is 6.03. The summed E-state index contributed by atoms with van der Waals surface area (Å²) in [4.78, 5) is 25.3. The van der Waals surface area contributed by atoms with Crippen molar-refractivity contribution in [1.29, 1.82) is 0 Å². The van der Waals surface area contributed by atoms with Gasteiger partial charge in [-0.1, -0.05) is 19.1 Å². The van der Waals surface area contributed by atoms with Crippen molar-refractivity contribution in [2.75, 3.05) is 4.90 Å². The largest absolute Gasteiger partial charge is 0.508 e. The van der Waals surface area contributed by atoms with E-state index in [4.69, 9.17) is 5.11 Å². The molecule has 2 aromatic carbocycles. The molecule has 5 nitrogen and oxygen atoms in total. The average molecular weight is 343 g/mol. The van der Waals surface area contributed by atoms with Crippen LogP contribution in [-0.2, 0) is 9.59 Å². The fraction of sp³-hybridized carbons (Fsp3) is 0.263. The number of hydrogen-bond acceptors (Lipinski definition) is 3. The summed E-state index contributed by atoms with van der Waals surface area (Å²) in [6.45, 7) is 1.74. The van der Waals surface area contributed by atoms with Crippen molar-refractivity contribution in [3.63, 3.8) is 0 Å². The van der Waals surface area contributed by atoms with Crippen molar-refractivity contribution >= 4 is 17.6 Å². The van der Waals surface area contributed by atoms with Crippen molar-refractivity contribution in [3.8, 4) is 5.75 Å². The van der Waals surface area contributed by atoms with Crippen LogP contribution in [0.4, 0.5) is 10.1 Å². The first-order valence-corrected chi connectivity index (χ1v) is 7.98. The maximum atomic E-state index is 13.2. The first-order valence-electron chi connectivity index (χ1n) is 7.98. The molecule has 2 N–H and O–H groups in total. The van der Waals surface area contributed by atoms with Crippen molar-refractivity contribution in [2.45, 2.75) is 19.4 Å². The van der Waals surface area contributed by atoms with E-state index in [1.54, 1.807) is 24.0 Å². The van der Waals surface area contributed by atoms with Gasteiger partial charge < -0.3 is 15.1 Å². The third-order valence-corrected chi connectivity index (χ3v) is 4.59. The van der Waals surface area contributed by atoms with Gasteiger partial charge in [-0.15, -0.1) is 0 Å². The van der Waals surface area contributed by atoms with Gasteiger partial charge in [-0.25, -0.2) is 4.39 Å². The summed E-state index contributed by atoms with van der Waals surface area (Å²) in [6, 6.07) is 11.7. The summed E-state index contributed by atoms with van der Waals surface area (Å²) < 4.78 is 13.2. The lowest BCUT2D eigenvalue weighted by Gasteiger charge is -2.49. The minimum Gasteiger partial charge on any atom is -0.508 e. The van der Waals surface area contributed by atoms with Crippen molar-refractivity contribution in [1.82, 2.24) is 0 Å². The van der Waals surface area contributed by atoms with E-state index in [0.717, 1.165) is 5.56 Å². The molecule has 1 saturated heterocycles. The van der Waals surface area contributed by atoms with Gasteiger partial charge in [0.25, 0.3) is 0 Å². The Morgan fingerprint density at radius 3 is 2.32 bits per heavy atom. The molecular formula is C19H18FNO4. The zero-order valence-electron chi connectivity index (χ0n) is 13.6. The molecule has 1 heterocycles. The Balaban J connectivity index is 1.97. The van der Waals surface area contributed by atoms with Crippen LogP contribution in [0.5, 0.6) is 5.75 Å². The van der Waals surface area contributed by atoms with Gasteiger partial charge in [-0.2, -0.15) is 0 Å². The van der Waals surface area contributed by atoms with Crippen LogP contribution in [0.2, 0.25) is 0 Å². The number of amides is 1. The SMILES string of the molecule is CC(CC(=O)O)C1C(=O)N(c2ccc(F)cc2)C1c1ccc(O)cc1. The van der Waals surface area contributed by atoms with E-state index in [1.165, 1.54) is 36.4 Å². The summed E-state index contributed by atoms with van der Waals surface area (Å²) >= 11 is 0. The van der Waals surface area contributed by atoms with Crippen LogP contribution in [0.15, 0.2) is 48.5 Å². The molecule has 6 heteroatoms. The summed E-state index contributed by atoms with van der Waals surface area (Å²) in [5.41, 5.74) is 1.35. The number of aromatic hydroxyl groups is 1. The number of halogens is 1. The average Bonchev–Trinajstić information content (AvgIpc) is 2.55. The number of hydrogen-bond donors (Lipinski definition) is 2. The number of carboxylic acids is 1. The number of carbonyl (C=O) groups excluding carboxylic acids is 1. The molecule has 0 aromatic heterocycles. The predicted molar refractivity (Wildman–Crippen MR) is 89.6 cm³/mol. The number of nitrogens with zero attached hydrogens (tertiary/aromatic N) is 1. The van der Waals surface area contributed by atoms with Crippen molar-refractivity contribution in [3.05, 3.63) is 59.9 Å². The molecule has 1 aliphatic heterocycles. The molecule has 0 radical (unpaired) electrons. The van der Waals surface area contributed by atoms with Gasteiger partial charge in [-0.3, -0.25) is 9.59 Å². The Kier molecular flexibility index (Phi) is 4.44. The second-order valence-electron chi connectivity index (χ2n) is 6.32. The summed E-state index contributed by atoms with van der Waals surface area (Å²) in [5.74, 6) is -2.25. The lowest BCUT2D eigenvalue weighted by Crippen LogP contribution is -2.57. The lowest BCUT2D eigenvalue weighted by atomic mass is 9.73. The molecule has 1 amide bonds. The highest BCUT2D eigenvalue weighted by Crippen LogP contribution is 2.47. The van der Waals surface area contributed by atoms with E-state index in [0.29, 0.717) is 5.69 Å². The Morgan fingerprint density at radius 2 is 1.76 bits per heavy atom. The monoisotopic (exact) mass is 343 g/mol. The summed E-state index contributed by atoms with van der Waals surface area (Å²) in [7, 11) is 0. The molecule has 0 saturated carbocycles. The molecule has 25 heavy (non-hydrogen) atoms. The maximum absolute atomic E-state index is 13.2. The van der Waals surface area contributed by atoms with Gasteiger partial charge in [0.15, 0.2) is 0 Å². The van der Waals surface area contributed by atoms with Gasteiger partial charge in [0.2, 0.25) is 5.91 Å². The van der Waals surface area contributed by atoms with Gasteiger partial charge >= 0.3 is 5.97 Å². The van der Waals surface area contributed by atoms with Crippen LogP contribution in [0.3, 0.4) is 0 Å². The van der Waals surface area contributed by atoms with Crippen LogP contribution in [0.25, 0.3) is 0 Å². The standard InChI is InChI=1S/C19H18FNO4/c1-11(10-16(23)24)17-18(12-2-8-15(22)9-3-12)21(19(17)25)14-6-4-13(20)5-7-14/h2-9,11,17-18,22H,10H2,1H3,(H,23,24). The van der Waals surface area contributed by atoms with Crippen LogP contribution >= 0.6 is 0 Å². The van der Waals surface area contributed by atoms with Crippen molar-refractivity contribution in [2.24, 2.45) is 11.8 Å². The number of anilines is 1. The number of phenols is 1. The zero-order chi connectivity index (χ0) is 18.1. The lowest BCUT2D eigenvalue weighted by molar-refractivity contribution is -0.140. The maximum Gasteiger partial charge on any atom is 0.303 e. The number of phenolic OH excluding ortho intramolecular Hbond substituents is 1. The van der Waals surface area contributed by atoms with E-state index in [2.05, 4.69) is 0 Å². The van der Waals surface area contributed by atoms with E-state index in [-0.39, 0.29) is 30.0 Å². The molecule has 1 aliphatic rings.